The van der Waals surface area contributed by atoms with Crippen molar-refractivity contribution < 1.29 is 4.74 Å². The topological polar surface area (TPSA) is 33.0 Å². The van der Waals surface area contributed by atoms with Crippen molar-refractivity contribution in [2.24, 2.45) is 11.8 Å². The predicted molar refractivity (Wildman–Crippen MR) is 82.4 cm³/mol. The summed E-state index contributed by atoms with van der Waals surface area (Å²) in [7, 11) is 0. The summed E-state index contributed by atoms with van der Waals surface area (Å²) in [5.41, 5.74) is -0.446. The van der Waals surface area contributed by atoms with Gasteiger partial charge in [0.15, 0.2) is 5.60 Å². The van der Waals surface area contributed by atoms with Crippen LogP contribution in [0.3, 0.4) is 0 Å². The third-order valence-electron chi connectivity index (χ3n) is 5.48. The largest absolute Gasteiger partial charge is 0.360 e. The van der Waals surface area contributed by atoms with E-state index in [1.165, 1.54) is 57.8 Å². The van der Waals surface area contributed by atoms with Crippen LogP contribution in [0.4, 0.5) is 0 Å². The van der Waals surface area contributed by atoms with Gasteiger partial charge in [-0.05, 0) is 43.9 Å². The third-order valence-corrected chi connectivity index (χ3v) is 5.48. The molecule has 2 saturated carbocycles. The Labute approximate surface area is 124 Å². The van der Waals surface area contributed by atoms with Gasteiger partial charge in [0.05, 0.1) is 6.07 Å². The van der Waals surface area contributed by atoms with Crippen LogP contribution in [-0.4, -0.2) is 12.2 Å². The molecule has 0 heterocycles. The highest BCUT2D eigenvalue weighted by Gasteiger charge is 2.38. The van der Waals surface area contributed by atoms with Crippen molar-refractivity contribution in [2.45, 2.75) is 89.6 Å². The first kappa shape index (κ1) is 15.8. The summed E-state index contributed by atoms with van der Waals surface area (Å²) in [5, 5.41) is 9.52. The molecule has 0 aromatic heterocycles. The zero-order valence-corrected chi connectivity index (χ0v) is 13.2. The van der Waals surface area contributed by atoms with Gasteiger partial charge in [0, 0.05) is 6.61 Å². The van der Waals surface area contributed by atoms with E-state index in [9.17, 15) is 5.26 Å². The van der Waals surface area contributed by atoms with Crippen molar-refractivity contribution in [3.8, 4) is 6.07 Å². The Balaban J connectivity index is 1.76. The molecule has 2 heteroatoms. The number of unbranched alkanes of at least 4 members (excludes halogenated alkanes) is 2. The Bertz CT molecular complexity index is 306. The molecule has 0 N–H and O–H groups in total. The average Bonchev–Trinajstić information content (AvgIpc) is 2.53. The van der Waals surface area contributed by atoms with Crippen LogP contribution in [0.25, 0.3) is 0 Å². The Kier molecular flexibility index (Phi) is 6.36. The van der Waals surface area contributed by atoms with Crippen molar-refractivity contribution >= 4 is 0 Å². The van der Waals surface area contributed by atoms with Gasteiger partial charge in [0.25, 0.3) is 0 Å². The lowest BCUT2D eigenvalue weighted by Gasteiger charge is -2.39. The smallest absolute Gasteiger partial charge is 0.154 e. The number of nitriles is 1. The maximum Gasteiger partial charge on any atom is 0.154 e. The van der Waals surface area contributed by atoms with Crippen LogP contribution in [0.1, 0.15) is 84.0 Å². The van der Waals surface area contributed by atoms with Crippen molar-refractivity contribution in [1.29, 1.82) is 5.26 Å². The summed E-state index contributed by atoms with van der Waals surface area (Å²) in [6.45, 7) is 2.98. The summed E-state index contributed by atoms with van der Waals surface area (Å²) in [5.74, 6) is 1.82. The van der Waals surface area contributed by atoms with E-state index in [2.05, 4.69) is 13.0 Å². The Hall–Kier alpha value is -0.550. The second kappa shape index (κ2) is 8.03. The molecular weight excluding hydrogens is 246 g/mol. The number of ether oxygens (including phenoxy) is 1. The molecule has 114 valence electrons. The van der Waals surface area contributed by atoms with E-state index in [4.69, 9.17) is 4.74 Å². The average molecular weight is 277 g/mol. The van der Waals surface area contributed by atoms with E-state index in [1.807, 2.05) is 0 Å². The summed E-state index contributed by atoms with van der Waals surface area (Å²) < 4.78 is 6.00. The first-order valence-corrected chi connectivity index (χ1v) is 8.85. The van der Waals surface area contributed by atoms with Crippen molar-refractivity contribution in [2.75, 3.05) is 6.61 Å². The predicted octanol–water partition coefficient (Wildman–Crippen LogP) is 5.23. The number of nitrogens with zero attached hydrogens (tertiary/aromatic N) is 1. The highest BCUT2D eigenvalue weighted by atomic mass is 16.5. The quantitative estimate of drug-likeness (QED) is 0.623. The van der Waals surface area contributed by atoms with Crippen LogP contribution in [0.5, 0.6) is 0 Å². The molecule has 0 unspecified atom stereocenters. The first-order chi connectivity index (χ1) is 9.79. The fourth-order valence-electron chi connectivity index (χ4n) is 4.09. The molecule has 2 aliphatic carbocycles. The number of hydrogen-bond acceptors (Lipinski definition) is 2. The molecule has 0 aromatic rings. The minimum Gasteiger partial charge on any atom is -0.360 e. The van der Waals surface area contributed by atoms with Crippen LogP contribution in [-0.2, 0) is 4.74 Å². The molecule has 0 saturated heterocycles. The second-order valence-electron chi connectivity index (χ2n) is 6.90. The molecule has 0 atom stereocenters. The zero-order valence-electron chi connectivity index (χ0n) is 13.2. The van der Waals surface area contributed by atoms with Crippen LogP contribution >= 0.6 is 0 Å². The third kappa shape index (κ3) is 4.22. The maximum atomic E-state index is 9.52. The van der Waals surface area contributed by atoms with Crippen molar-refractivity contribution in [3.05, 3.63) is 0 Å². The molecule has 0 bridgehead atoms. The second-order valence-corrected chi connectivity index (χ2v) is 6.90. The van der Waals surface area contributed by atoms with Crippen LogP contribution in [0, 0.1) is 23.2 Å². The van der Waals surface area contributed by atoms with Gasteiger partial charge in [-0.25, -0.2) is 0 Å². The standard InChI is InChI=1S/C18H31NO/c1-2-3-7-14-20-18(15-19)12-10-17(11-13-18)16-8-5-4-6-9-16/h16-17H,2-14H2,1H3/t17-,18-. The molecule has 0 aromatic carbocycles. The Morgan fingerprint density at radius 2 is 1.65 bits per heavy atom. The maximum absolute atomic E-state index is 9.52. The van der Waals surface area contributed by atoms with E-state index < -0.39 is 5.60 Å². The van der Waals surface area contributed by atoms with Crippen LogP contribution in [0.2, 0.25) is 0 Å². The van der Waals surface area contributed by atoms with Gasteiger partial charge in [0.2, 0.25) is 0 Å². The Morgan fingerprint density at radius 1 is 1.00 bits per heavy atom. The van der Waals surface area contributed by atoms with Gasteiger partial charge in [-0.1, -0.05) is 51.9 Å². The molecule has 0 amide bonds. The molecular formula is C18H31NO. The summed E-state index contributed by atoms with van der Waals surface area (Å²) in [6.07, 6.45) is 15.1. The van der Waals surface area contributed by atoms with E-state index in [-0.39, 0.29) is 0 Å². The fraction of sp³-hybridized carbons (Fsp3) is 0.944. The monoisotopic (exact) mass is 277 g/mol. The molecule has 0 radical (unpaired) electrons. The first-order valence-electron chi connectivity index (χ1n) is 8.85. The van der Waals surface area contributed by atoms with Crippen molar-refractivity contribution in [1.82, 2.24) is 0 Å². The van der Waals surface area contributed by atoms with E-state index in [0.29, 0.717) is 0 Å². The van der Waals surface area contributed by atoms with Gasteiger partial charge in [0.1, 0.15) is 0 Å². The van der Waals surface area contributed by atoms with Crippen LogP contribution < -0.4 is 0 Å². The SMILES string of the molecule is CCCCCO[C@]1(C#N)CC[C@@H](C2CCCCC2)CC1. The summed E-state index contributed by atoms with van der Waals surface area (Å²) in [4.78, 5) is 0. The van der Waals surface area contributed by atoms with Gasteiger partial charge in [-0.3, -0.25) is 0 Å². The van der Waals surface area contributed by atoms with E-state index in [0.717, 1.165) is 37.7 Å². The molecule has 20 heavy (non-hydrogen) atoms. The van der Waals surface area contributed by atoms with Crippen LogP contribution in [0.15, 0.2) is 0 Å². The highest BCUT2D eigenvalue weighted by Crippen LogP contribution is 2.42. The number of rotatable bonds is 6. The molecule has 2 rings (SSSR count). The molecule has 2 nitrogen and oxygen atoms in total. The molecule has 2 aliphatic rings. The van der Waals surface area contributed by atoms with E-state index >= 15 is 0 Å². The summed E-state index contributed by atoms with van der Waals surface area (Å²) in [6, 6.07) is 2.50. The van der Waals surface area contributed by atoms with Gasteiger partial charge >= 0.3 is 0 Å². The van der Waals surface area contributed by atoms with Gasteiger partial charge < -0.3 is 4.74 Å². The number of hydrogen-bond donors (Lipinski definition) is 0. The molecule has 0 aliphatic heterocycles. The van der Waals surface area contributed by atoms with E-state index in [1.54, 1.807) is 0 Å². The summed E-state index contributed by atoms with van der Waals surface area (Å²) >= 11 is 0. The lowest BCUT2D eigenvalue weighted by atomic mass is 9.70. The fourth-order valence-corrected chi connectivity index (χ4v) is 4.09. The minimum absolute atomic E-state index is 0.446. The van der Waals surface area contributed by atoms with Crippen molar-refractivity contribution in [3.63, 3.8) is 0 Å². The minimum atomic E-state index is -0.446. The normalized spacial score (nSPS) is 31.9. The van der Waals surface area contributed by atoms with Gasteiger partial charge in [-0.15, -0.1) is 0 Å². The lowest BCUT2D eigenvalue weighted by molar-refractivity contribution is -0.0447. The lowest BCUT2D eigenvalue weighted by Crippen LogP contribution is -2.38. The zero-order chi connectivity index (χ0) is 14.3. The highest BCUT2D eigenvalue weighted by molar-refractivity contribution is 5.05. The molecule has 0 spiro atoms. The Morgan fingerprint density at radius 3 is 2.25 bits per heavy atom. The van der Waals surface area contributed by atoms with Gasteiger partial charge in [-0.2, -0.15) is 5.26 Å². The molecule has 2 fully saturated rings.